The minimum Gasteiger partial charge on any atom is -0.375 e. The first-order valence-corrected chi connectivity index (χ1v) is 13.5. The molecule has 202 valence electrons. The third-order valence-electron chi connectivity index (χ3n) is 8.45. The van der Waals surface area contributed by atoms with Crippen LogP contribution in [0.25, 0.3) is 0 Å². The van der Waals surface area contributed by atoms with E-state index in [9.17, 15) is 14.4 Å². The van der Waals surface area contributed by atoms with Gasteiger partial charge in [0.05, 0.1) is 29.5 Å². The van der Waals surface area contributed by atoms with Crippen LogP contribution in [-0.4, -0.2) is 79.5 Å². The maximum atomic E-state index is 13.1. The second kappa shape index (κ2) is 11.0. The molecule has 1 saturated carbocycles. The van der Waals surface area contributed by atoms with Crippen molar-refractivity contribution in [2.45, 2.75) is 88.9 Å². The van der Waals surface area contributed by atoms with Gasteiger partial charge in [0.1, 0.15) is 11.9 Å². The Balaban J connectivity index is 1.15. The first-order valence-electron chi connectivity index (χ1n) is 13.5. The summed E-state index contributed by atoms with van der Waals surface area (Å²) in [5.74, 6) is 0.400. The number of imide groups is 1. The van der Waals surface area contributed by atoms with Crippen LogP contribution in [0.4, 0.5) is 5.82 Å². The SMILES string of the molecule is COC(OC)[C@H]1CC[C@H](OC2CCN(c3ccc4c(n3)C(C)N(C3CCC(=O)NC3=O)C4=O)CC2)CC1. The van der Waals surface area contributed by atoms with Crippen LogP contribution < -0.4 is 10.2 Å². The fourth-order valence-electron chi connectivity index (χ4n) is 6.42. The van der Waals surface area contributed by atoms with Crippen molar-refractivity contribution < 1.29 is 28.6 Å². The number of rotatable bonds is 7. The lowest BCUT2D eigenvalue weighted by atomic mass is 9.86. The lowest BCUT2D eigenvalue weighted by Gasteiger charge is -2.37. The molecule has 3 aliphatic heterocycles. The smallest absolute Gasteiger partial charge is 0.257 e. The molecule has 5 rings (SSSR count). The van der Waals surface area contributed by atoms with E-state index in [1.54, 1.807) is 19.1 Å². The molecule has 0 bridgehead atoms. The first-order chi connectivity index (χ1) is 17.9. The van der Waals surface area contributed by atoms with Crippen LogP contribution in [0.3, 0.4) is 0 Å². The molecular formula is C27H38N4O6. The highest BCUT2D eigenvalue weighted by Crippen LogP contribution is 2.37. The summed E-state index contributed by atoms with van der Waals surface area (Å²) < 4.78 is 17.3. The second-order valence-corrected chi connectivity index (χ2v) is 10.7. The number of nitrogens with one attached hydrogen (secondary N) is 1. The molecule has 0 aromatic carbocycles. The quantitative estimate of drug-likeness (QED) is 0.437. The zero-order valence-corrected chi connectivity index (χ0v) is 22.0. The number of piperidine rings is 2. The molecule has 4 heterocycles. The van der Waals surface area contributed by atoms with E-state index in [0.29, 0.717) is 29.7 Å². The molecule has 0 radical (unpaired) electrons. The Labute approximate surface area is 218 Å². The molecule has 1 aromatic rings. The largest absolute Gasteiger partial charge is 0.375 e. The summed E-state index contributed by atoms with van der Waals surface area (Å²) in [6, 6.07) is 2.77. The highest BCUT2D eigenvalue weighted by atomic mass is 16.7. The van der Waals surface area contributed by atoms with Gasteiger partial charge in [0, 0.05) is 39.6 Å². The fraction of sp³-hybridized carbons (Fsp3) is 0.704. The molecular weight excluding hydrogens is 476 g/mol. The molecule has 37 heavy (non-hydrogen) atoms. The summed E-state index contributed by atoms with van der Waals surface area (Å²) >= 11 is 0. The number of carbonyl (C=O) groups is 3. The maximum Gasteiger partial charge on any atom is 0.257 e. The van der Waals surface area contributed by atoms with Crippen LogP contribution in [0, 0.1) is 5.92 Å². The Morgan fingerprint density at radius 2 is 1.62 bits per heavy atom. The first kappa shape index (κ1) is 26.1. The topological polar surface area (TPSA) is 110 Å². The van der Waals surface area contributed by atoms with E-state index in [4.69, 9.17) is 19.2 Å². The van der Waals surface area contributed by atoms with Crippen molar-refractivity contribution in [3.8, 4) is 0 Å². The van der Waals surface area contributed by atoms with E-state index in [2.05, 4.69) is 10.2 Å². The number of carbonyl (C=O) groups excluding carboxylic acids is 3. The number of anilines is 1. The Bertz CT molecular complexity index is 1010. The third-order valence-corrected chi connectivity index (χ3v) is 8.45. The molecule has 4 aliphatic rings. The van der Waals surface area contributed by atoms with Crippen LogP contribution in [0.5, 0.6) is 0 Å². The summed E-state index contributed by atoms with van der Waals surface area (Å²) in [7, 11) is 3.40. The summed E-state index contributed by atoms with van der Waals surface area (Å²) in [6.07, 6.45) is 7.06. The lowest BCUT2D eigenvalue weighted by Crippen LogP contribution is -2.53. The normalized spacial score (nSPS) is 29.1. The lowest BCUT2D eigenvalue weighted by molar-refractivity contribution is -0.153. The van der Waals surface area contributed by atoms with Crippen molar-refractivity contribution in [2.24, 2.45) is 5.92 Å². The van der Waals surface area contributed by atoms with E-state index >= 15 is 0 Å². The summed E-state index contributed by atoms with van der Waals surface area (Å²) in [6.45, 7) is 3.60. The molecule has 3 fully saturated rings. The van der Waals surface area contributed by atoms with Gasteiger partial charge in [0.15, 0.2) is 6.29 Å². The Kier molecular flexibility index (Phi) is 7.78. The molecule has 10 heteroatoms. The number of methoxy groups -OCH3 is 2. The predicted molar refractivity (Wildman–Crippen MR) is 135 cm³/mol. The van der Waals surface area contributed by atoms with Crippen LogP contribution >= 0.6 is 0 Å². The van der Waals surface area contributed by atoms with Gasteiger partial charge in [0.2, 0.25) is 11.8 Å². The number of aromatic nitrogens is 1. The molecule has 2 unspecified atom stereocenters. The maximum absolute atomic E-state index is 13.1. The summed E-state index contributed by atoms with van der Waals surface area (Å²) in [5, 5.41) is 2.36. The average Bonchev–Trinajstić information content (AvgIpc) is 3.15. The zero-order valence-electron chi connectivity index (χ0n) is 22.0. The molecule has 0 spiro atoms. The Morgan fingerprint density at radius 3 is 2.27 bits per heavy atom. The third kappa shape index (κ3) is 5.24. The molecule has 1 N–H and O–H groups in total. The number of nitrogens with zero attached hydrogens (tertiary/aromatic N) is 3. The molecule has 1 aliphatic carbocycles. The van der Waals surface area contributed by atoms with E-state index < -0.39 is 11.9 Å². The van der Waals surface area contributed by atoms with E-state index in [1.807, 2.05) is 19.1 Å². The van der Waals surface area contributed by atoms with Crippen molar-refractivity contribution in [3.05, 3.63) is 23.4 Å². The molecule has 10 nitrogen and oxygen atoms in total. The number of amides is 3. The summed E-state index contributed by atoms with van der Waals surface area (Å²) in [4.78, 5) is 45.8. The molecule has 2 saturated heterocycles. The highest BCUT2D eigenvalue weighted by Gasteiger charge is 2.44. The molecule has 1 aromatic heterocycles. The second-order valence-electron chi connectivity index (χ2n) is 10.7. The minimum absolute atomic E-state index is 0.127. The van der Waals surface area contributed by atoms with Crippen molar-refractivity contribution in [1.82, 2.24) is 15.2 Å². The van der Waals surface area contributed by atoms with E-state index in [0.717, 1.165) is 57.4 Å². The van der Waals surface area contributed by atoms with Gasteiger partial charge in [0.25, 0.3) is 5.91 Å². The van der Waals surface area contributed by atoms with Gasteiger partial charge >= 0.3 is 0 Å². The number of hydrogen-bond acceptors (Lipinski definition) is 8. The van der Waals surface area contributed by atoms with Gasteiger partial charge in [-0.15, -0.1) is 0 Å². The number of pyridine rings is 1. The van der Waals surface area contributed by atoms with Gasteiger partial charge in [-0.05, 0) is 64.0 Å². The van der Waals surface area contributed by atoms with E-state index in [-0.39, 0.29) is 36.7 Å². The van der Waals surface area contributed by atoms with Crippen LogP contribution in [0.15, 0.2) is 12.1 Å². The highest BCUT2D eigenvalue weighted by molar-refractivity contribution is 6.05. The minimum atomic E-state index is -0.643. The van der Waals surface area contributed by atoms with Gasteiger partial charge in [-0.2, -0.15) is 0 Å². The fourth-order valence-corrected chi connectivity index (χ4v) is 6.42. The van der Waals surface area contributed by atoms with Crippen LogP contribution in [-0.2, 0) is 23.8 Å². The van der Waals surface area contributed by atoms with Crippen molar-refractivity contribution in [2.75, 3.05) is 32.2 Å². The zero-order chi connectivity index (χ0) is 26.1. The molecule has 2 atom stereocenters. The van der Waals surface area contributed by atoms with Gasteiger partial charge in [-0.1, -0.05) is 0 Å². The monoisotopic (exact) mass is 514 g/mol. The predicted octanol–water partition coefficient (Wildman–Crippen LogP) is 2.57. The van der Waals surface area contributed by atoms with E-state index in [1.165, 1.54) is 0 Å². The van der Waals surface area contributed by atoms with Crippen molar-refractivity contribution >= 4 is 23.5 Å². The van der Waals surface area contributed by atoms with Gasteiger partial charge in [-0.3, -0.25) is 19.7 Å². The average molecular weight is 515 g/mol. The van der Waals surface area contributed by atoms with Crippen LogP contribution in [0.2, 0.25) is 0 Å². The van der Waals surface area contributed by atoms with Gasteiger partial charge < -0.3 is 24.0 Å². The standard InChI is InChI=1S/C27H38N4O6/c1-16-24-20(26(34)31(16)21-9-11-23(32)29-25(21)33)8-10-22(28-24)30-14-12-19(13-15-30)37-18-6-4-17(5-7-18)27(35-2)36-3/h8,10,16-19,21,27H,4-7,9,11-15H2,1-3H3,(H,29,32,33)/t16?,17-,18-,21?. The number of fused-ring (bicyclic) bond motifs is 1. The number of ether oxygens (including phenoxy) is 3. The Hall–Kier alpha value is -2.56. The van der Waals surface area contributed by atoms with Gasteiger partial charge in [-0.25, -0.2) is 4.98 Å². The van der Waals surface area contributed by atoms with Crippen molar-refractivity contribution in [1.29, 1.82) is 0 Å². The number of hydrogen-bond donors (Lipinski definition) is 1. The summed E-state index contributed by atoms with van der Waals surface area (Å²) in [5.41, 5.74) is 1.24. The molecule has 3 amide bonds. The Morgan fingerprint density at radius 1 is 0.946 bits per heavy atom. The van der Waals surface area contributed by atoms with Crippen LogP contribution in [0.1, 0.15) is 80.4 Å². The van der Waals surface area contributed by atoms with Crippen molar-refractivity contribution in [3.63, 3.8) is 0 Å².